The zero-order chi connectivity index (χ0) is 17.5. The fraction of sp³-hybridized carbons (Fsp3) is 0.429. The van der Waals surface area contributed by atoms with Gasteiger partial charge in [0.2, 0.25) is 5.91 Å². The molecule has 0 radical (unpaired) electrons. The molecule has 3 amide bonds. The standard InChI is InChI=1S/C14H19F3N4O2/c1-21(9-14(15,16)17)7-3-6-19-13(23)20-11-5-2-4-10(8-11)12(18)22/h2,4-5,8H,3,6-7,9H2,1H3,(H2,18,22)(H2,19,20,23). The van der Waals surface area contributed by atoms with Crippen molar-refractivity contribution in [3.63, 3.8) is 0 Å². The highest BCUT2D eigenvalue weighted by Crippen LogP contribution is 2.15. The maximum absolute atomic E-state index is 12.1. The van der Waals surface area contributed by atoms with E-state index in [0.29, 0.717) is 12.1 Å². The van der Waals surface area contributed by atoms with Gasteiger partial charge < -0.3 is 16.4 Å². The third-order valence-corrected chi connectivity index (χ3v) is 2.86. The Morgan fingerprint density at radius 2 is 2.00 bits per heavy atom. The number of primary amides is 1. The smallest absolute Gasteiger partial charge is 0.366 e. The summed E-state index contributed by atoms with van der Waals surface area (Å²) in [7, 11) is 1.36. The Morgan fingerprint density at radius 3 is 2.61 bits per heavy atom. The van der Waals surface area contributed by atoms with Crippen LogP contribution in [0.5, 0.6) is 0 Å². The molecule has 0 aliphatic heterocycles. The molecule has 23 heavy (non-hydrogen) atoms. The van der Waals surface area contributed by atoms with Gasteiger partial charge in [0, 0.05) is 17.8 Å². The third kappa shape index (κ3) is 8.05. The summed E-state index contributed by atoms with van der Waals surface area (Å²) in [6.07, 6.45) is -3.85. The molecule has 0 aliphatic rings. The van der Waals surface area contributed by atoms with Crippen LogP contribution in [-0.4, -0.2) is 49.7 Å². The van der Waals surface area contributed by atoms with Gasteiger partial charge in [-0.3, -0.25) is 9.69 Å². The van der Waals surface area contributed by atoms with E-state index in [9.17, 15) is 22.8 Å². The largest absolute Gasteiger partial charge is 0.401 e. The Bertz CT molecular complexity index is 549. The number of urea groups is 1. The van der Waals surface area contributed by atoms with Gasteiger partial charge in [-0.25, -0.2) is 4.79 Å². The van der Waals surface area contributed by atoms with Crippen LogP contribution >= 0.6 is 0 Å². The molecule has 0 spiro atoms. The SMILES string of the molecule is CN(CCCNC(=O)Nc1cccc(C(N)=O)c1)CC(F)(F)F. The van der Waals surface area contributed by atoms with Crippen molar-refractivity contribution in [3.05, 3.63) is 29.8 Å². The molecule has 0 unspecified atom stereocenters. The summed E-state index contributed by atoms with van der Waals surface area (Å²) in [5.41, 5.74) is 5.79. The van der Waals surface area contributed by atoms with Crippen LogP contribution in [0.15, 0.2) is 24.3 Å². The summed E-state index contributed by atoms with van der Waals surface area (Å²) >= 11 is 0. The molecule has 6 nitrogen and oxygen atoms in total. The second kappa shape index (κ2) is 8.37. The number of carbonyl (C=O) groups excluding carboxylic acids is 2. The summed E-state index contributed by atoms with van der Waals surface area (Å²) in [5, 5.41) is 5.04. The minimum Gasteiger partial charge on any atom is -0.366 e. The molecule has 0 heterocycles. The van der Waals surface area contributed by atoms with E-state index in [-0.39, 0.29) is 18.7 Å². The number of halogens is 3. The van der Waals surface area contributed by atoms with E-state index < -0.39 is 24.7 Å². The van der Waals surface area contributed by atoms with E-state index in [1.165, 1.54) is 19.2 Å². The van der Waals surface area contributed by atoms with Gasteiger partial charge in [-0.2, -0.15) is 13.2 Å². The van der Waals surface area contributed by atoms with Crippen LogP contribution in [0.4, 0.5) is 23.7 Å². The second-order valence-electron chi connectivity index (χ2n) is 5.03. The quantitative estimate of drug-likeness (QED) is 0.665. The maximum Gasteiger partial charge on any atom is 0.401 e. The number of nitrogens with one attached hydrogen (secondary N) is 2. The van der Waals surface area contributed by atoms with Crippen LogP contribution in [0.2, 0.25) is 0 Å². The fourth-order valence-corrected chi connectivity index (χ4v) is 1.86. The number of rotatable bonds is 7. The number of benzene rings is 1. The van der Waals surface area contributed by atoms with Crippen molar-refractivity contribution >= 4 is 17.6 Å². The van der Waals surface area contributed by atoms with Crippen molar-refractivity contribution in [1.29, 1.82) is 0 Å². The van der Waals surface area contributed by atoms with Crippen molar-refractivity contribution in [3.8, 4) is 0 Å². The summed E-state index contributed by atoms with van der Waals surface area (Å²) < 4.78 is 36.4. The van der Waals surface area contributed by atoms with Gasteiger partial charge in [-0.05, 0) is 38.2 Å². The van der Waals surface area contributed by atoms with Crippen LogP contribution in [0.3, 0.4) is 0 Å². The Labute approximate surface area is 131 Å². The first-order valence-corrected chi connectivity index (χ1v) is 6.87. The van der Waals surface area contributed by atoms with Gasteiger partial charge in [0.15, 0.2) is 0 Å². The third-order valence-electron chi connectivity index (χ3n) is 2.86. The maximum atomic E-state index is 12.1. The normalized spacial score (nSPS) is 11.3. The van der Waals surface area contributed by atoms with Crippen LogP contribution in [0.25, 0.3) is 0 Å². The lowest BCUT2D eigenvalue weighted by molar-refractivity contribution is -0.143. The number of nitrogens with two attached hydrogens (primary N) is 1. The molecule has 0 aliphatic carbocycles. The van der Waals surface area contributed by atoms with Crippen LogP contribution in [0.1, 0.15) is 16.8 Å². The Kier molecular flexibility index (Phi) is 6.83. The molecular formula is C14H19F3N4O2. The molecule has 0 saturated carbocycles. The molecule has 1 aromatic rings. The van der Waals surface area contributed by atoms with E-state index in [4.69, 9.17) is 5.73 Å². The van der Waals surface area contributed by atoms with Crippen molar-refractivity contribution in [2.75, 3.05) is 32.0 Å². The van der Waals surface area contributed by atoms with Gasteiger partial charge >= 0.3 is 12.2 Å². The summed E-state index contributed by atoms with van der Waals surface area (Å²) in [4.78, 5) is 23.8. The van der Waals surface area contributed by atoms with Crippen LogP contribution < -0.4 is 16.4 Å². The first kappa shape index (κ1) is 18.8. The van der Waals surface area contributed by atoms with Crippen LogP contribution in [-0.2, 0) is 0 Å². The molecule has 0 bridgehead atoms. The topological polar surface area (TPSA) is 87.5 Å². The molecule has 1 rings (SSSR count). The molecule has 9 heteroatoms. The minimum absolute atomic E-state index is 0.205. The van der Waals surface area contributed by atoms with Gasteiger partial charge in [0.1, 0.15) is 0 Å². The summed E-state index contributed by atoms with van der Waals surface area (Å²) in [6, 6.07) is 5.59. The average Bonchev–Trinajstić information content (AvgIpc) is 2.42. The molecular weight excluding hydrogens is 313 g/mol. The predicted octanol–water partition coefficient (Wildman–Crippen LogP) is 1.79. The minimum atomic E-state index is -4.23. The van der Waals surface area contributed by atoms with E-state index in [1.54, 1.807) is 12.1 Å². The zero-order valence-electron chi connectivity index (χ0n) is 12.6. The molecule has 0 saturated heterocycles. The number of alkyl halides is 3. The van der Waals surface area contributed by atoms with Crippen molar-refractivity contribution in [2.45, 2.75) is 12.6 Å². The number of hydrogen-bond donors (Lipinski definition) is 3. The highest BCUT2D eigenvalue weighted by Gasteiger charge is 2.28. The van der Waals surface area contributed by atoms with Crippen LogP contribution in [0, 0.1) is 0 Å². The Morgan fingerprint density at radius 1 is 1.30 bits per heavy atom. The highest BCUT2D eigenvalue weighted by atomic mass is 19.4. The van der Waals surface area contributed by atoms with E-state index in [2.05, 4.69) is 10.6 Å². The predicted molar refractivity (Wildman–Crippen MR) is 80.2 cm³/mol. The lowest BCUT2D eigenvalue weighted by atomic mass is 10.2. The first-order chi connectivity index (χ1) is 10.7. The van der Waals surface area contributed by atoms with Gasteiger partial charge in [0.25, 0.3) is 0 Å². The average molecular weight is 332 g/mol. The van der Waals surface area contributed by atoms with Crippen molar-refractivity contribution < 1.29 is 22.8 Å². The number of nitrogens with zero attached hydrogens (tertiary/aromatic N) is 1. The van der Waals surface area contributed by atoms with Gasteiger partial charge in [0.05, 0.1) is 6.54 Å². The number of hydrogen-bond acceptors (Lipinski definition) is 3. The van der Waals surface area contributed by atoms with Gasteiger partial charge in [-0.1, -0.05) is 6.07 Å². The number of carbonyl (C=O) groups is 2. The van der Waals surface area contributed by atoms with Gasteiger partial charge in [-0.15, -0.1) is 0 Å². The fourth-order valence-electron chi connectivity index (χ4n) is 1.86. The summed E-state index contributed by atoms with van der Waals surface area (Å²) in [6.45, 7) is -0.556. The monoisotopic (exact) mass is 332 g/mol. The zero-order valence-corrected chi connectivity index (χ0v) is 12.6. The molecule has 4 N–H and O–H groups in total. The number of anilines is 1. The molecule has 0 fully saturated rings. The Balaban J connectivity index is 2.30. The molecule has 0 atom stereocenters. The van der Waals surface area contributed by atoms with E-state index in [0.717, 1.165) is 4.90 Å². The molecule has 128 valence electrons. The van der Waals surface area contributed by atoms with Crippen molar-refractivity contribution in [1.82, 2.24) is 10.2 Å². The highest BCUT2D eigenvalue weighted by molar-refractivity contribution is 5.95. The van der Waals surface area contributed by atoms with E-state index in [1.807, 2.05) is 0 Å². The lowest BCUT2D eigenvalue weighted by Crippen LogP contribution is -2.35. The van der Waals surface area contributed by atoms with Crippen molar-refractivity contribution in [2.24, 2.45) is 5.73 Å². The Hall–Kier alpha value is -2.29. The lowest BCUT2D eigenvalue weighted by Gasteiger charge is -2.18. The van der Waals surface area contributed by atoms with E-state index >= 15 is 0 Å². The molecule has 1 aromatic carbocycles. The summed E-state index contributed by atoms with van der Waals surface area (Å²) in [5.74, 6) is -0.609. The molecule has 0 aromatic heterocycles. The number of amides is 3. The second-order valence-corrected chi connectivity index (χ2v) is 5.03. The first-order valence-electron chi connectivity index (χ1n) is 6.87.